The molecule has 4 heteroatoms. The van der Waals surface area contributed by atoms with Crippen LogP contribution in [0.5, 0.6) is 0 Å². The van der Waals surface area contributed by atoms with Gasteiger partial charge in [-0.2, -0.15) is 0 Å². The van der Waals surface area contributed by atoms with Crippen LogP contribution < -0.4 is 5.32 Å². The summed E-state index contributed by atoms with van der Waals surface area (Å²) < 4.78 is 24.8. The van der Waals surface area contributed by atoms with Crippen molar-refractivity contribution in [3.8, 4) is 0 Å². The average molecular weight is 281 g/mol. The molecule has 1 saturated carbocycles. The van der Waals surface area contributed by atoms with Crippen LogP contribution in [0.2, 0.25) is 0 Å². The van der Waals surface area contributed by atoms with Gasteiger partial charge in [0.15, 0.2) is 9.84 Å². The molecule has 1 aliphatic rings. The molecule has 1 unspecified atom stereocenters. The second-order valence-electron chi connectivity index (χ2n) is 5.56. The maximum Gasteiger partial charge on any atom is 0.182 e. The van der Waals surface area contributed by atoms with Gasteiger partial charge in [0.05, 0.1) is 10.1 Å². The molecular weight excluding hydrogens is 258 g/mol. The van der Waals surface area contributed by atoms with Gasteiger partial charge in [-0.1, -0.05) is 30.5 Å². The van der Waals surface area contributed by atoms with Crippen LogP contribution >= 0.6 is 0 Å². The summed E-state index contributed by atoms with van der Waals surface area (Å²) in [6, 6.07) is 7.62. The van der Waals surface area contributed by atoms with Crippen molar-refractivity contribution in [2.24, 2.45) is 0 Å². The van der Waals surface area contributed by atoms with E-state index in [2.05, 4.69) is 5.32 Å². The van der Waals surface area contributed by atoms with Gasteiger partial charge in [-0.15, -0.1) is 0 Å². The molecule has 1 atom stereocenters. The average Bonchev–Trinajstić information content (AvgIpc) is 2.89. The molecule has 0 radical (unpaired) electrons. The number of hydrogen-bond acceptors (Lipinski definition) is 3. The third kappa shape index (κ3) is 3.57. The van der Waals surface area contributed by atoms with E-state index in [4.69, 9.17) is 0 Å². The van der Waals surface area contributed by atoms with Crippen molar-refractivity contribution in [1.29, 1.82) is 0 Å². The summed E-state index contributed by atoms with van der Waals surface area (Å²) in [4.78, 5) is 0.429. The van der Waals surface area contributed by atoms with Crippen LogP contribution in [0.15, 0.2) is 29.2 Å². The van der Waals surface area contributed by atoms with Crippen LogP contribution in [-0.4, -0.2) is 26.3 Å². The molecule has 2 rings (SSSR count). The Balaban J connectivity index is 1.99. The zero-order valence-electron chi connectivity index (χ0n) is 11.7. The lowest BCUT2D eigenvalue weighted by atomic mass is 10.2. The first-order valence-corrected chi connectivity index (χ1v) is 8.59. The number of rotatable bonds is 5. The Kier molecular flexibility index (Phi) is 4.63. The van der Waals surface area contributed by atoms with Gasteiger partial charge in [0.1, 0.15) is 0 Å². The highest BCUT2D eigenvalue weighted by Crippen LogP contribution is 2.19. The molecule has 0 heterocycles. The summed E-state index contributed by atoms with van der Waals surface area (Å²) in [5, 5.41) is 3.01. The zero-order chi connectivity index (χ0) is 13.9. The third-order valence-corrected chi connectivity index (χ3v) is 6.08. The Morgan fingerprint density at radius 3 is 2.37 bits per heavy atom. The smallest absolute Gasteiger partial charge is 0.182 e. The van der Waals surface area contributed by atoms with Crippen molar-refractivity contribution < 1.29 is 8.42 Å². The zero-order valence-corrected chi connectivity index (χ0v) is 12.5. The fourth-order valence-corrected chi connectivity index (χ4v) is 3.83. The molecular formula is C15H23NO2S. The summed E-state index contributed by atoms with van der Waals surface area (Å²) in [7, 11) is -3.21. The Morgan fingerprint density at radius 2 is 1.79 bits per heavy atom. The Labute approximate surface area is 116 Å². The van der Waals surface area contributed by atoms with Gasteiger partial charge in [0.2, 0.25) is 0 Å². The van der Waals surface area contributed by atoms with E-state index >= 15 is 0 Å². The van der Waals surface area contributed by atoms with E-state index in [1.54, 1.807) is 19.1 Å². The van der Waals surface area contributed by atoms with E-state index < -0.39 is 9.84 Å². The van der Waals surface area contributed by atoms with Crippen LogP contribution in [0.3, 0.4) is 0 Å². The van der Waals surface area contributed by atoms with E-state index in [1.807, 2.05) is 19.1 Å². The second-order valence-corrected chi connectivity index (χ2v) is 7.92. The van der Waals surface area contributed by atoms with Crippen LogP contribution in [0.25, 0.3) is 0 Å². The van der Waals surface area contributed by atoms with Crippen molar-refractivity contribution >= 4 is 9.84 Å². The number of aryl methyl sites for hydroxylation is 1. The molecule has 0 amide bonds. The van der Waals surface area contributed by atoms with E-state index in [0.29, 0.717) is 17.5 Å². The highest BCUT2D eigenvalue weighted by Gasteiger charge is 2.24. The van der Waals surface area contributed by atoms with Gasteiger partial charge in [-0.25, -0.2) is 8.42 Å². The van der Waals surface area contributed by atoms with E-state index in [-0.39, 0.29) is 5.25 Å². The Bertz CT molecular complexity index is 501. The number of nitrogens with one attached hydrogen (secondary N) is 1. The molecule has 0 spiro atoms. The minimum absolute atomic E-state index is 0.379. The standard InChI is InChI=1S/C15H23NO2S/c1-12-7-9-15(10-8-12)19(17,18)13(2)11-16-14-5-3-4-6-14/h7-10,13-14,16H,3-6,11H2,1-2H3. The van der Waals surface area contributed by atoms with E-state index in [9.17, 15) is 8.42 Å². The first kappa shape index (κ1) is 14.5. The van der Waals surface area contributed by atoms with Gasteiger partial charge >= 0.3 is 0 Å². The molecule has 1 fully saturated rings. The van der Waals surface area contributed by atoms with Gasteiger partial charge in [-0.3, -0.25) is 0 Å². The van der Waals surface area contributed by atoms with Crippen LogP contribution in [0.1, 0.15) is 38.2 Å². The fraction of sp³-hybridized carbons (Fsp3) is 0.600. The summed E-state index contributed by atoms with van der Waals surface area (Å²) in [6.07, 6.45) is 4.88. The molecule has 1 aromatic carbocycles. The van der Waals surface area contributed by atoms with Gasteiger partial charge < -0.3 is 5.32 Å². The SMILES string of the molecule is Cc1ccc(S(=O)(=O)C(C)CNC2CCCC2)cc1. The molecule has 0 aromatic heterocycles. The van der Waals surface area contributed by atoms with Crippen molar-refractivity contribution in [3.63, 3.8) is 0 Å². The number of hydrogen-bond donors (Lipinski definition) is 1. The molecule has 3 nitrogen and oxygen atoms in total. The lowest BCUT2D eigenvalue weighted by Gasteiger charge is -2.17. The molecule has 106 valence electrons. The first-order valence-electron chi connectivity index (χ1n) is 7.04. The lowest BCUT2D eigenvalue weighted by Crippen LogP contribution is -2.36. The lowest BCUT2D eigenvalue weighted by molar-refractivity contribution is 0.512. The molecule has 0 saturated heterocycles. The summed E-state index contributed by atoms with van der Waals surface area (Å²) in [6.45, 7) is 4.29. The van der Waals surface area contributed by atoms with Gasteiger partial charge in [0, 0.05) is 12.6 Å². The van der Waals surface area contributed by atoms with Crippen LogP contribution in [0.4, 0.5) is 0 Å². The first-order chi connectivity index (χ1) is 9.00. The molecule has 1 N–H and O–H groups in total. The topological polar surface area (TPSA) is 46.2 Å². The summed E-state index contributed by atoms with van der Waals surface area (Å²) in [5.74, 6) is 0. The maximum absolute atomic E-state index is 12.4. The van der Waals surface area contributed by atoms with Crippen molar-refractivity contribution in [2.75, 3.05) is 6.54 Å². The van der Waals surface area contributed by atoms with Gasteiger partial charge in [0.25, 0.3) is 0 Å². The van der Waals surface area contributed by atoms with Crippen molar-refractivity contribution in [3.05, 3.63) is 29.8 Å². The molecule has 0 bridgehead atoms. The minimum Gasteiger partial charge on any atom is -0.313 e. The monoisotopic (exact) mass is 281 g/mol. The molecule has 0 aliphatic heterocycles. The van der Waals surface area contributed by atoms with E-state index in [0.717, 1.165) is 5.56 Å². The summed E-state index contributed by atoms with van der Waals surface area (Å²) >= 11 is 0. The van der Waals surface area contributed by atoms with Crippen molar-refractivity contribution in [1.82, 2.24) is 5.32 Å². The molecule has 19 heavy (non-hydrogen) atoms. The largest absolute Gasteiger partial charge is 0.313 e. The van der Waals surface area contributed by atoms with Crippen molar-refractivity contribution in [2.45, 2.75) is 55.7 Å². The third-order valence-electron chi connectivity index (χ3n) is 3.93. The number of sulfone groups is 1. The fourth-order valence-electron chi connectivity index (χ4n) is 2.53. The molecule has 1 aromatic rings. The quantitative estimate of drug-likeness (QED) is 0.902. The molecule has 1 aliphatic carbocycles. The number of benzene rings is 1. The second kappa shape index (κ2) is 6.06. The predicted octanol–water partition coefficient (Wildman–Crippen LogP) is 2.69. The Morgan fingerprint density at radius 1 is 1.21 bits per heavy atom. The van der Waals surface area contributed by atoms with Gasteiger partial charge in [-0.05, 0) is 38.8 Å². The van der Waals surface area contributed by atoms with E-state index in [1.165, 1.54) is 25.7 Å². The maximum atomic E-state index is 12.4. The summed E-state index contributed by atoms with van der Waals surface area (Å²) in [5.41, 5.74) is 1.08. The Hall–Kier alpha value is -0.870. The van der Waals surface area contributed by atoms with Crippen LogP contribution in [-0.2, 0) is 9.84 Å². The predicted molar refractivity (Wildman–Crippen MR) is 78.1 cm³/mol. The van der Waals surface area contributed by atoms with Crippen LogP contribution in [0, 0.1) is 6.92 Å². The highest BCUT2D eigenvalue weighted by molar-refractivity contribution is 7.92. The minimum atomic E-state index is -3.21. The highest BCUT2D eigenvalue weighted by atomic mass is 32.2. The normalized spacial score (nSPS) is 18.6.